The van der Waals surface area contributed by atoms with Crippen molar-refractivity contribution in [2.24, 2.45) is 5.92 Å². The normalized spacial score (nSPS) is 11.6. The molecule has 6 nitrogen and oxygen atoms in total. The molecular formula is C20H22ClN3O3. The number of benzene rings is 2. The zero-order valence-corrected chi connectivity index (χ0v) is 16.1. The zero-order chi connectivity index (χ0) is 20.0. The molecule has 27 heavy (non-hydrogen) atoms. The molecule has 7 heteroatoms. The summed E-state index contributed by atoms with van der Waals surface area (Å²) < 4.78 is 0. The van der Waals surface area contributed by atoms with Crippen molar-refractivity contribution < 1.29 is 14.4 Å². The Morgan fingerprint density at radius 2 is 1.63 bits per heavy atom. The molecule has 2 aromatic carbocycles. The van der Waals surface area contributed by atoms with Crippen molar-refractivity contribution >= 4 is 29.3 Å². The highest BCUT2D eigenvalue weighted by molar-refractivity contribution is 6.33. The van der Waals surface area contributed by atoms with Crippen LogP contribution in [0.3, 0.4) is 0 Å². The lowest BCUT2D eigenvalue weighted by atomic mass is 10.0. The molecule has 2 rings (SSSR count). The van der Waals surface area contributed by atoms with Crippen LogP contribution in [0.5, 0.6) is 0 Å². The maximum atomic E-state index is 12.5. The van der Waals surface area contributed by atoms with Crippen molar-refractivity contribution in [3.8, 4) is 0 Å². The van der Waals surface area contributed by atoms with Crippen molar-refractivity contribution in [1.82, 2.24) is 16.2 Å². The van der Waals surface area contributed by atoms with Crippen LogP contribution in [0.2, 0.25) is 5.02 Å². The van der Waals surface area contributed by atoms with Crippen LogP contribution in [0, 0.1) is 12.8 Å². The second-order valence-corrected chi connectivity index (χ2v) is 6.90. The van der Waals surface area contributed by atoms with Crippen molar-refractivity contribution in [2.45, 2.75) is 26.8 Å². The maximum absolute atomic E-state index is 12.5. The Hall–Kier alpha value is -2.86. The van der Waals surface area contributed by atoms with E-state index < -0.39 is 17.9 Å². The first-order valence-electron chi connectivity index (χ1n) is 8.52. The molecule has 3 N–H and O–H groups in total. The third-order valence-corrected chi connectivity index (χ3v) is 4.26. The second kappa shape index (κ2) is 9.19. The molecule has 0 bridgehead atoms. The Morgan fingerprint density at radius 3 is 2.26 bits per heavy atom. The summed E-state index contributed by atoms with van der Waals surface area (Å²) in [7, 11) is 0. The van der Waals surface area contributed by atoms with E-state index in [0.717, 1.165) is 5.56 Å². The fourth-order valence-electron chi connectivity index (χ4n) is 2.45. The smallest absolute Gasteiger partial charge is 0.271 e. The summed E-state index contributed by atoms with van der Waals surface area (Å²) >= 11 is 5.97. The maximum Gasteiger partial charge on any atom is 0.271 e. The molecule has 0 aliphatic carbocycles. The van der Waals surface area contributed by atoms with Gasteiger partial charge in [-0.05, 0) is 37.1 Å². The van der Waals surface area contributed by atoms with Crippen LogP contribution >= 0.6 is 11.6 Å². The molecular weight excluding hydrogens is 366 g/mol. The van der Waals surface area contributed by atoms with Gasteiger partial charge in [-0.2, -0.15) is 0 Å². The fourth-order valence-corrected chi connectivity index (χ4v) is 2.68. The Morgan fingerprint density at radius 1 is 0.926 bits per heavy atom. The number of nitrogens with one attached hydrogen (secondary N) is 3. The van der Waals surface area contributed by atoms with Gasteiger partial charge in [-0.3, -0.25) is 25.2 Å². The molecule has 0 radical (unpaired) electrons. The topological polar surface area (TPSA) is 87.3 Å². The number of amides is 3. The first kappa shape index (κ1) is 20.5. The predicted octanol–water partition coefficient (Wildman–Crippen LogP) is 2.86. The van der Waals surface area contributed by atoms with Crippen molar-refractivity contribution in [2.75, 3.05) is 0 Å². The lowest BCUT2D eigenvalue weighted by molar-refractivity contribution is -0.124. The van der Waals surface area contributed by atoms with Gasteiger partial charge in [-0.1, -0.05) is 55.3 Å². The van der Waals surface area contributed by atoms with Gasteiger partial charge < -0.3 is 5.32 Å². The van der Waals surface area contributed by atoms with E-state index in [1.807, 2.05) is 13.0 Å². The molecule has 142 valence electrons. The van der Waals surface area contributed by atoms with Gasteiger partial charge in [0.15, 0.2) is 0 Å². The van der Waals surface area contributed by atoms with Crippen LogP contribution in [0.25, 0.3) is 0 Å². The molecule has 0 saturated heterocycles. The summed E-state index contributed by atoms with van der Waals surface area (Å²) in [4.78, 5) is 37.0. The van der Waals surface area contributed by atoms with Gasteiger partial charge in [0.2, 0.25) is 0 Å². The third kappa shape index (κ3) is 5.56. The molecule has 0 aromatic heterocycles. The average Bonchev–Trinajstić information content (AvgIpc) is 2.63. The highest BCUT2D eigenvalue weighted by atomic mass is 35.5. The van der Waals surface area contributed by atoms with E-state index in [1.165, 1.54) is 0 Å². The molecule has 0 unspecified atom stereocenters. The van der Waals surface area contributed by atoms with E-state index in [4.69, 9.17) is 11.6 Å². The summed E-state index contributed by atoms with van der Waals surface area (Å²) in [6.45, 7) is 5.49. The lowest BCUT2D eigenvalue weighted by Crippen LogP contribution is -2.54. The quantitative estimate of drug-likeness (QED) is 0.689. The molecule has 0 spiro atoms. The van der Waals surface area contributed by atoms with Crippen LogP contribution in [-0.2, 0) is 4.79 Å². The SMILES string of the molecule is Cc1cccc(C(=O)N[C@H](C(=O)NNC(=O)c2ccccc2Cl)C(C)C)c1. The Labute approximate surface area is 163 Å². The van der Waals surface area contributed by atoms with Crippen molar-refractivity contribution in [1.29, 1.82) is 0 Å². The van der Waals surface area contributed by atoms with Crippen LogP contribution in [0.15, 0.2) is 48.5 Å². The Balaban J connectivity index is 2.01. The van der Waals surface area contributed by atoms with Gasteiger partial charge >= 0.3 is 0 Å². The number of carbonyl (C=O) groups is 3. The Bertz CT molecular complexity index is 852. The zero-order valence-electron chi connectivity index (χ0n) is 15.4. The van der Waals surface area contributed by atoms with Crippen molar-refractivity contribution in [3.05, 3.63) is 70.2 Å². The minimum atomic E-state index is -0.815. The summed E-state index contributed by atoms with van der Waals surface area (Å²) in [5.74, 6) is -1.60. The summed E-state index contributed by atoms with van der Waals surface area (Å²) in [6.07, 6.45) is 0. The lowest BCUT2D eigenvalue weighted by Gasteiger charge is -2.22. The van der Waals surface area contributed by atoms with Gasteiger partial charge in [0.05, 0.1) is 10.6 Å². The standard InChI is InChI=1S/C20H22ClN3O3/c1-12(2)17(22-18(25)14-8-6-7-13(3)11-14)20(27)24-23-19(26)15-9-4-5-10-16(15)21/h4-12,17H,1-3H3,(H,22,25)(H,23,26)(H,24,27)/t17-/m0/s1. The van der Waals surface area contributed by atoms with E-state index in [2.05, 4.69) is 16.2 Å². The van der Waals surface area contributed by atoms with Crippen LogP contribution in [0.1, 0.15) is 40.1 Å². The number of halogens is 1. The minimum Gasteiger partial charge on any atom is -0.340 e. The first-order chi connectivity index (χ1) is 12.8. The molecule has 2 aromatic rings. The fraction of sp³-hybridized carbons (Fsp3) is 0.250. The van der Waals surface area contributed by atoms with E-state index in [0.29, 0.717) is 5.56 Å². The number of rotatable bonds is 5. The van der Waals surface area contributed by atoms with Gasteiger partial charge in [-0.15, -0.1) is 0 Å². The number of hydrogen-bond donors (Lipinski definition) is 3. The summed E-state index contributed by atoms with van der Waals surface area (Å²) in [5, 5.41) is 2.98. The third-order valence-electron chi connectivity index (χ3n) is 3.93. The number of carbonyl (C=O) groups excluding carboxylic acids is 3. The number of hydrazine groups is 1. The molecule has 0 saturated carbocycles. The van der Waals surface area contributed by atoms with Crippen LogP contribution in [0.4, 0.5) is 0 Å². The van der Waals surface area contributed by atoms with Crippen LogP contribution < -0.4 is 16.2 Å². The average molecular weight is 388 g/mol. The van der Waals surface area contributed by atoms with Crippen LogP contribution in [-0.4, -0.2) is 23.8 Å². The van der Waals surface area contributed by atoms with Gasteiger partial charge in [0, 0.05) is 5.56 Å². The highest BCUT2D eigenvalue weighted by Gasteiger charge is 2.25. The predicted molar refractivity (Wildman–Crippen MR) is 104 cm³/mol. The van der Waals surface area contributed by atoms with Gasteiger partial charge in [0.1, 0.15) is 6.04 Å². The van der Waals surface area contributed by atoms with E-state index in [-0.39, 0.29) is 22.4 Å². The summed E-state index contributed by atoms with van der Waals surface area (Å²) in [6, 6.07) is 12.8. The second-order valence-electron chi connectivity index (χ2n) is 6.49. The van der Waals surface area contributed by atoms with Gasteiger partial charge in [-0.25, -0.2) is 0 Å². The molecule has 0 heterocycles. The number of aryl methyl sites for hydroxylation is 1. The minimum absolute atomic E-state index is 0.184. The molecule has 0 fully saturated rings. The van der Waals surface area contributed by atoms with Gasteiger partial charge in [0.25, 0.3) is 17.7 Å². The van der Waals surface area contributed by atoms with E-state index in [1.54, 1.807) is 56.3 Å². The molecule has 0 aliphatic heterocycles. The first-order valence-corrected chi connectivity index (χ1v) is 8.89. The molecule has 1 atom stereocenters. The van der Waals surface area contributed by atoms with E-state index in [9.17, 15) is 14.4 Å². The Kier molecular flexibility index (Phi) is 6.96. The number of hydrogen-bond acceptors (Lipinski definition) is 3. The molecule has 0 aliphatic rings. The summed E-state index contributed by atoms with van der Waals surface area (Å²) in [5.41, 5.74) is 6.32. The largest absolute Gasteiger partial charge is 0.340 e. The monoisotopic (exact) mass is 387 g/mol. The van der Waals surface area contributed by atoms with Crippen molar-refractivity contribution in [3.63, 3.8) is 0 Å². The van der Waals surface area contributed by atoms with E-state index >= 15 is 0 Å². The highest BCUT2D eigenvalue weighted by Crippen LogP contribution is 2.14. The molecule has 3 amide bonds.